The predicted molar refractivity (Wildman–Crippen MR) is 71.0 cm³/mol. The highest BCUT2D eigenvalue weighted by molar-refractivity contribution is 5.89. The van der Waals surface area contributed by atoms with Gasteiger partial charge < -0.3 is 15.2 Å². The monoisotopic (exact) mass is 275 g/mol. The SMILES string of the molecule is O=C(NC1(C(=O)O)CC12CCC2)OCc1ccccc1. The normalized spacial score (nSPS) is 25.6. The Bertz CT molecular complexity index is 538. The van der Waals surface area contributed by atoms with Crippen molar-refractivity contribution in [3.05, 3.63) is 35.9 Å². The first-order valence-corrected chi connectivity index (χ1v) is 6.80. The smallest absolute Gasteiger partial charge is 0.408 e. The molecule has 2 saturated carbocycles. The summed E-state index contributed by atoms with van der Waals surface area (Å²) < 4.78 is 5.10. The maximum Gasteiger partial charge on any atom is 0.408 e. The van der Waals surface area contributed by atoms with Crippen LogP contribution in [-0.4, -0.2) is 22.7 Å². The second-order valence-electron chi connectivity index (χ2n) is 5.71. The molecule has 5 nitrogen and oxygen atoms in total. The molecule has 0 aliphatic heterocycles. The van der Waals surface area contributed by atoms with Crippen LogP contribution in [0.25, 0.3) is 0 Å². The van der Waals surface area contributed by atoms with Gasteiger partial charge in [0, 0.05) is 5.41 Å². The fourth-order valence-electron chi connectivity index (χ4n) is 3.14. The summed E-state index contributed by atoms with van der Waals surface area (Å²) in [6, 6.07) is 9.31. The zero-order valence-corrected chi connectivity index (χ0v) is 11.1. The van der Waals surface area contributed by atoms with Crippen molar-refractivity contribution >= 4 is 12.1 Å². The van der Waals surface area contributed by atoms with Crippen LogP contribution >= 0.6 is 0 Å². The molecule has 5 heteroatoms. The molecule has 0 aromatic heterocycles. The van der Waals surface area contributed by atoms with E-state index in [2.05, 4.69) is 5.32 Å². The van der Waals surface area contributed by atoms with Gasteiger partial charge in [-0.05, 0) is 24.8 Å². The summed E-state index contributed by atoms with van der Waals surface area (Å²) in [5.74, 6) is -0.950. The summed E-state index contributed by atoms with van der Waals surface area (Å²) >= 11 is 0. The molecule has 1 aromatic carbocycles. The van der Waals surface area contributed by atoms with E-state index in [-0.39, 0.29) is 12.0 Å². The van der Waals surface area contributed by atoms with Gasteiger partial charge in [0.25, 0.3) is 0 Å². The van der Waals surface area contributed by atoms with Crippen molar-refractivity contribution in [1.82, 2.24) is 5.32 Å². The lowest BCUT2D eigenvalue weighted by atomic mass is 9.78. The van der Waals surface area contributed by atoms with Crippen molar-refractivity contribution in [2.45, 2.75) is 37.8 Å². The zero-order valence-electron chi connectivity index (χ0n) is 11.1. The Hall–Kier alpha value is -2.04. The Labute approximate surface area is 116 Å². The standard InChI is InChI=1S/C15H17NO4/c17-12(18)15(10-14(15)7-4-8-14)16-13(19)20-9-11-5-2-1-3-6-11/h1-3,5-6H,4,7-10H2,(H,16,19)(H,17,18). The Morgan fingerprint density at radius 1 is 1.25 bits per heavy atom. The average molecular weight is 275 g/mol. The van der Waals surface area contributed by atoms with E-state index in [1.54, 1.807) is 0 Å². The van der Waals surface area contributed by atoms with Crippen molar-refractivity contribution in [2.75, 3.05) is 0 Å². The molecule has 1 aromatic rings. The van der Waals surface area contributed by atoms with E-state index in [4.69, 9.17) is 4.74 Å². The summed E-state index contributed by atoms with van der Waals surface area (Å²) in [4.78, 5) is 23.2. The van der Waals surface area contributed by atoms with Crippen LogP contribution in [0.15, 0.2) is 30.3 Å². The summed E-state index contributed by atoms with van der Waals surface area (Å²) in [6.07, 6.45) is 2.65. The van der Waals surface area contributed by atoms with Gasteiger partial charge in [-0.25, -0.2) is 9.59 Å². The summed E-state index contributed by atoms with van der Waals surface area (Å²) in [5, 5.41) is 11.9. The molecule has 2 N–H and O–H groups in total. The maximum atomic E-state index is 11.8. The van der Waals surface area contributed by atoms with E-state index in [1.165, 1.54) is 0 Å². The third-order valence-corrected chi connectivity index (χ3v) is 4.59. The molecule has 1 atom stereocenters. The number of rotatable bonds is 4. The van der Waals surface area contributed by atoms with Gasteiger partial charge in [-0.2, -0.15) is 0 Å². The van der Waals surface area contributed by atoms with E-state index in [1.807, 2.05) is 30.3 Å². The minimum atomic E-state index is -1.10. The molecule has 1 spiro atoms. The first-order valence-electron chi connectivity index (χ1n) is 6.80. The van der Waals surface area contributed by atoms with Gasteiger partial charge in [-0.15, -0.1) is 0 Å². The summed E-state index contributed by atoms with van der Waals surface area (Å²) in [6.45, 7) is 0.148. The van der Waals surface area contributed by atoms with Crippen molar-refractivity contribution in [3.8, 4) is 0 Å². The van der Waals surface area contributed by atoms with Crippen LogP contribution in [-0.2, 0) is 16.1 Å². The number of amides is 1. The van der Waals surface area contributed by atoms with E-state index < -0.39 is 17.6 Å². The summed E-state index contributed by atoms with van der Waals surface area (Å²) in [5.41, 5.74) is -0.440. The molecular weight excluding hydrogens is 258 g/mol. The van der Waals surface area contributed by atoms with Gasteiger partial charge in [0.15, 0.2) is 0 Å². The molecule has 0 heterocycles. The van der Waals surface area contributed by atoms with Crippen LogP contribution in [0, 0.1) is 5.41 Å². The first-order chi connectivity index (χ1) is 9.58. The molecule has 2 aliphatic rings. The number of carbonyl (C=O) groups is 2. The second-order valence-corrected chi connectivity index (χ2v) is 5.71. The number of benzene rings is 1. The van der Waals surface area contributed by atoms with Crippen LogP contribution in [0.4, 0.5) is 4.79 Å². The first kappa shape index (κ1) is 13.0. The number of ether oxygens (including phenoxy) is 1. The third-order valence-electron chi connectivity index (χ3n) is 4.59. The van der Waals surface area contributed by atoms with Crippen molar-refractivity contribution < 1.29 is 19.4 Å². The number of hydrogen-bond donors (Lipinski definition) is 2. The second kappa shape index (κ2) is 4.51. The lowest BCUT2D eigenvalue weighted by Crippen LogP contribution is -2.49. The maximum absolute atomic E-state index is 11.8. The van der Waals surface area contributed by atoms with Gasteiger partial charge >= 0.3 is 12.1 Å². The number of carboxylic acid groups (broad SMARTS) is 1. The molecule has 0 radical (unpaired) electrons. The molecule has 1 amide bonds. The minimum Gasteiger partial charge on any atom is -0.479 e. The fraction of sp³-hybridized carbons (Fsp3) is 0.467. The van der Waals surface area contributed by atoms with Gasteiger partial charge in [0.1, 0.15) is 12.1 Å². The van der Waals surface area contributed by atoms with Crippen LogP contribution in [0.1, 0.15) is 31.2 Å². The Morgan fingerprint density at radius 3 is 2.45 bits per heavy atom. The van der Waals surface area contributed by atoms with Crippen LogP contribution < -0.4 is 5.32 Å². The van der Waals surface area contributed by atoms with Crippen molar-refractivity contribution in [1.29, 1.82) is 0 Å². The van der Waals surface area contributed by atoms with Gasteiger partial charge in [-0.1, -0.05) is 36.8 Å². The van der Waals surface area contributed by atoms with E-state index in [9.17, 15) is 14.7 Å². The van der Waals surface area contributed by atoms with E-state index >= 15 is 0 Å². The lowest BCUT2D eigenvalue weighted by Gasteiger charge is -2.30. The third kappa shape index (κ3) is 1.94. The molecule has 2 fully saturated rings. The number of carbonyl (C=O) groups excluding carboxylic acids is 1. The zero-order chi connectivity index (χ0) is 14.2. The lowest BCUT2D eigenvalue weighted by molar-refractivity contribution is -0.142. The number of nitrogens with one attached hydrogen (secondary N) is 1. The summed E-state index contributed by atoms with van der Waals surface area (Å²) in [7, 11) is 0. The Balaban J connectivity index is 1.57. The molecule has 0 bridgehead atoms. The molecule has 1 unspecified atom stereocenters. The number of aliphatic carboxylic acids is 1. The van der Waals surface area contributed by atoms with E-state index in [0.717, 1.165) is 24.8 Å². The van der Waals surface area contributed by atoms with Crippen LogP contribution in [0.2, 0.25) is 0 Å². The highest BCUT2D eigenvalue weighted by Gasteiger charge is 2.75. The largest absolute Gasteiger partial charge is 0.479 e. The van der Waals surface area contributed by atoms with Crippen LogP contribution in [0.3, 0.4) is 0 Å². The molecule has 3 rings (SSSR count). The fourth-order valence-corrected chi connectivity index (χ4v) is 3.14. The number of carboxylic acids is 1. The average Bonchev–Trinajstić information content (AvgIpc) is 3.08. The number of hydrogen-bond acceptors (Lipinski definition) is 3. The molecular formula is C15H17NO4. The van der Waals surface area contributed by atoms with Crippen molar-refractivity contribution in [2.24, 2.45) is 5.41 Å². The highest BCUT2D eigenvalue weighted by Crippen LogP contribution is 2.68. The topological polar surface area (TPSA) is 75.6 Å². The molecule has 106 valence electrons. The number of alkyl carbamates (subject to hydrolysis) is 1. The van der Waals surface area contributed by atoms with Crippen molar-refractivity contribution in [3.63, 3.8) is 0 Å². The molecule has 20 heavy (non-hydrogen) atoms. The Morgan fingerprint density at radius 2 is 1.95 bits per heavy atom. The Kier molecular flexibility index (Phi) is 2.92. The minimum absolute atomic E-state index is 0.148. The predicted octanol–water partition coefficient (Wildman–Crippen LogP) is 2.31. The van der Waals surface area contributed by atoms with Gasteiger partial charge in [0.2, 0.25) is 0 Å². The molecule has 0 saturated heterocycles. The van der Waals surface area contributed by atoms with Gasteiger partial charge in [0.05, 0.1) is 0 Å². The highest BCUT2D eigenvalue weighted by atomic mass is 16.5. The van der Waals surface area contributed by atoms with E-state index in [0.29, 0.717) is 6.42 Å². The van der Waals surface area contributed by atoms with Gasteiger partial charge in [-0.3, -0.25) is 0 Å². The molecule has 2 aliphatic carbocycles. The quantitative estimate of drug-likeness (QED) is 0.884. The van der Waals surface area contributed by atoms with Crippen LogP contribution in [0.5, 0.6) is 0 Å².